The number of ether oxygens (including phenoxy) is 1. The van der Waals surface area contributed by atoms with E-state index in [-0.39, 0.29) is 47.2 Å². The number of aliphatic hydroxyl groups is 1. The molecule has 31 heavy (non-hydrogen) atoms. The second-order valence-electron chi connectivity index (χ2n) is 8.99. The Hall–Kier alpha value is -0.930. The van der Waals surface area contributed by atoms with Crippen molar-refractivity contribution in [2.24, 2.45) is 10.4 Å². The first-order valence-corrected chi connectivity index (χ1v) is 11.6. The van der Waals surface area contributed by atoms with E-state index in [4.69, 9.17) is 9.73 Å². The van der Waals surface area contributed by atoms with E-state index in [2.05, 4.69) is 17.6 Å². The molecule has 2 aliphatic rings. The van der Waals surface area contributed by atoms with E-state index in [0.717, 1.165) is 56.7 Å². The molecule has 0 aromatic heterocycles. The predicted octanol–water partition coefficient (Wildman–Crippen LogP) is 4.38. The molecule has 5 nitrogen and oxygen atoms in total. The molecule has 3 rings (SSSR count). The molecule has 0 radical (unpaired) electrons. The number of hydrogen-bond acceptors (Lipinski definition) is 3. The van der Waals surface area contributed by atoms with E-state index >= 15 is 0 Å². The zero-order chi connectivity index (χ0) is 21.3. The van der Waals surface area contributed by atoms with Gasteiger partial charge < -0.3 is 20.5 Å². The van der Waals surface area contributed by atoms with Crippen molar-refractivity contribution in [2.75, 3.05) is 39.5 Å². The Morgan fingerprint density at radius 2 is 1.87 bits per heavy atom. The minimum Gasteiger partial charge on any atom is -0.396 e. The molecule has 1 aromatic rings. The van der Waals surface area contributed by atoms with Gasteiger partial charge in [0.25, 0.3) is 0 Å². The minimum absolute atomic E-state index is 0. The summed E-state index contributed by atoms with van der Waals surface area (Å²) >= 11 is 0. The Labute approximate surface area is 203 Å². The third-order valence-electron chi connectivity index (χ3n) is 6.95. The van der Waals surface area contributed by atoms with Crippen LogP contribution < -0.4 is 10.6 Å². The minimum atomic E-state index is -0.192. The van der Waals surface area contributed by atoms with Gasteiger partial charge in [-0.3, -0.25) is 4.99 Å². The molecule has 0 amide bonds. The van der Waals surface area contributed by atoms with Crippen molar-refractivity contribution in [1.82, 2.24) is 10.6 Å². The first kappa shape index (κ1) is 26.3. The van der Waals surface area contributed by atoms with Crippen LogP contribution in [0, 0.1) is 11.2 Å². The molecule has 0 atom stereocenters. The van der Waals surface area contributed by atoms with Crippen LogP contribution in [-0.2, 0) is 10.2 Å². The van der Waals surface area contributed by atoms with Crippen LogP contribution in [0.2, 0.25) is 0 Å². The Balaban J connectivity index is 0.00000341. The van der Waals surface area contributed by atoms with Crippen LogP contribution in [0.25, 0.3) is 0 Å². The molecule has 0 unspecified atom stereocenters. The number of nitrogens with one attached hydrogen (secondary N) is 2. The van der Waals surface area contributed by atoms with Gasteiger partial charge in [0.05, 0.1) is 0 Å². The van der Waals surface area contributed by atoms with Crippen LogP contribution in [0.15, 0.2) is 29.3 Å². The Morgan fingerprint density at radius 1 is 1.13 bits per heavy atom. The van der Waals surface area contributed by atoms with Gasteiger partial charge in [0.2, 0.25) is 0 Å². The number of nitrogens with zero attached hydrogens (tertiary/aromatic N) is 1. The van der Waals surface area contributed by atoms with Gasteiger partial charge in [-0.2, -0.15) is 0 Å². The molecule has 2 fully saturated rings. The molecule has 1 saturated carbocycles. The zero-order valence-electron chi connectivity index (χ0n) is 18.8. The molecule has 1 heterocycles. The fourth-order valence-corrected chi connectivity index (χ4v) is 5.02. The zero-order valence-corrected chi connectivity index (χ0v) is 21.1. The monoisotopic (exact) mass is 547 g/mol. The normalized spacial score (nSPS) is 20.5. The number of aliphatic hydroxyl groups excluding tert-OH is 1. The molecule has 0 spiro atoms. The fourth-order valence-electron chi connectivity index (χ4n) is 5.02. The van der Waals surface area contributed by atoms with Crippen LogP contribution in [0.4, 0.5) is 4.39 Å². The molecule has 1 aliphatic carbocycles. The summed E-state index contributed by atoms with van der Waals surface area (Å²) in [5.74, 6) is 0.616. The highest BCUT2D eigenvalue weighted by Gasteiger charge is 2.35. The Morgan fingerprint density at radius 3 is 2.52 bits per heavy atom. The van der Waals surface area contributed by atoms with Crippen LogP contribution in [0.5, 0.6) is 0 Å². The van der Waals surface area contributed by atoms with Crippen LogP contribution in [-0.4, -0.2) is 50.5 Å². The second kappa shape index (κ2) is 12.9. The standard InChI is InChI=1S/C24H38FN3O2.HI/c1-2-26-22(27-18-23(11-14-29)9-4-3-5-10-23)28-19-24(12-15-30-16-13-24)20-7-6-8-21(25)17-20;/h6-8,17,29H,2-5,9-16,18-19H2,1H3,(H2,26,27,28);1H. The number of halogens is 2. The summed E-state index contributed by atoms with van der Waals surface area (Å²) in [6, 6.07) is 6.98. The van der Waals surface area contributed by atoms with E-state index in [9.17, 15) is 9.50 Å². The summed E-state index contributed by atoms with van der Waals surface area (Å²) in [4.78, 5) is 4.93. The number of aliphatic imine (C=N–C) groups is 1. The van der Waals surface area contributed by atoms with Crippen molar-refractivity contribution in [3.05, 3.63) is 35.6 Å². The summed E-state index contributed by atoms with van der Waals surface area (Å²) in [5, 5.41) is 16.5. The topological polar surface area (TPSA) is 65.9 Å². The molecule has 7 heteroatoms. The number of rotatable bonds is 8. The Kier molecular flexibility index (Phi) is 11.0. The molecule has 176 valence electrons. The van der Waals surface area contributed by atoms with Crippen LogP contribution in [0.3, 0.4) is 0 Å². The average Bonchev–Trinajstić information content (AvgIpc) is 2.77. The fraction of sp³-hybridized carbons (Fsp3) is 0.708. The van der Waals surface area contributed by atoms with Gasteiger partial charge >= 0.3 is 0 Å². The van der Waals surface area contributed by atoms with Crippen LogP contribution >= 0.6 is 24.0 Å². The van der Waals surface area contributed by atoms with Crippen molar-refractivity contribution in [2.45, 2.75) is 63.7 Å². The van der Waals surface area contributed by atoms with Gasteiger partial charge in [0.15, 0.2) is 5.96 Å². The van der Waals surface area contributed by atoms with Gasteiger partial charge in [0, 0.05) is 44.9 Å². The highest BCUT2D eigenvalue weighted by atomic mass is 127. The quantitative estimate of drug-likeness (QED) is 0.257. The maximum Gasteiger partial charge on any atom is 0.191 e. The number of hydrogen-bond donors (Lipinski definition) is 3. The lowest BCUT2D eigenvalue weighted by Crippen LogP contribution is -2.48. The molecule has 1 saturated heterocycles. The van der Waals surface area contributed by atoms with Gasteiger partial charge in [0.1, 0.15) is 5.82 Å². The predicted molar refractivity (Wildman–Crippen MR) is 135 cm³/mol. The first-order chi connectivity index (χ1) is 14.6. The molecule has 0 bridgehead atoms. The molecule has 1 aliphatic heterocycles. The summed E-state index contributed by atoms with van der Waals surface area (Å²) in [5.41, 5.74) is 0.983. The van der Waals surface area contributed by atoms with Crippen molar-refractivity contribution < 1.29 is 14.2 Å². The maximum absolute atomic E-state index is 13.9. The van der Waals surface area contributed by atoms with E-state index in [1.807, 2.05) is 6.07 Å². The van der Waals surface area contributed by atoms with E-state index in [1.54, 1.807) is 12.1 Å². The highest BCUT2D eigenvalue weighted by Crippen LogP contribution is 2.39. The lowest BCUT2D eigenvalue weighted by Gasteiger charge is -2.38. The summed E-state index contributed by atoms with van der Waals surface area (Å²) in [6.07, 6.45) is 8.55. The largest absolute Gasteiger partial charge is 0.396 e. The third kappa shape index (κ3) is 7.29. The summed E-state index contributed by atoms with van der Waals surface area (Å²) < 4.78 is 19.6. The smallest absolute Gasteiger partial charge is 0.191 e. The Bertz CT molecular complexity index is 684. The second-order valence-corrected chi connectivity index (χ2v) is 8.99. The highest BCUT2D eigenvalue weighted by molar-refractivity contribution is 14.0. The number of guanidine groups is 1. The summed E-state index contributed by atoms with van der Waals surface area (Å²) in [6.45, 7) is 5.88. The number of benzene rings is 1. The molecule has 3 N–H and O–H groups in total. The maximum atomic E-state index is 13.9. The lowest BCUT2D eigenvalue weighted by atomic mass is 9.72. The van der Waals surface area contributed by atoms with E-state index < -0.39 is 0 Å². The van der Waals surface area contributed by atoms with Crippen molar-refractivity contribution >= 4 is 29.9 Å². The van der Waals surface area contributed by atoms with Gasteiger partial charge in [-0.1, -0.05) is 31.4 Å². The SMILES string of the molecule is CCNC(=NCC1(CCO)CCCCC1)NCC1(c2cccc(F)c2)CCOCC1.I. The third-order valence-corrected chi connectivity index (χ3v) is 6.95. The average molecular weight is 547 g/mol. The van der Waals surface area contributed by atoms with Gasteiger partial charge in [-0.05, 0) is 62.1 Å². The van der Waals surface area contributed by atoms with Gasteiger partial charge in [-0.15, -0.1) is 24.0 Å². The van der Waals surface area contributed by atoms with Gasteiger partial charge in [-0.25, -0.2) is 4.39 Å². The van der Waals surface area contributed by atoms with E-state index in [0.29, 0.717) is 19.8 Å². The molecule has 1 aromatic carbocycles. The van der Waals surface area contributed by atoms with Crippen molar-refractivity contribution in [1.29, 1.82) is 0 Å². The van der Waals surface area contributed by atoms with E-state index in [1.165, 1.54) is 25.3 Å². The molecular formula is C24H39FIN3O2. The lowest BCUT2D eigenvalue weighted by molar-refractivity contribution is 0.0512. The van der Waals surface area contributed by atoms with Crippen molar-refractivity contribution in [3.63, 3.8) is 0 Å². The van der Waals surface area contributed by atoms with Crippen LogP contribution in [0.1, 0.15) is 63.9 Å². The van der Waals surface area contributed by atoms with Crippen molar-refractivity contribution in [3.8, 4) is 0 Å². The summed E-state index contributed by atoms with van der Waals surface area (Å²) in [7, 11) is 0. The molecular weight excluding hydrogens is 508 g/mol. The first-order valence-electron chi connectivity index (χ1n) is 11.6.